The number of nitrogens with two attached hydrogens (primary N) is 1. The van der Waals surface area contributed by atoms with Gasteiger partial charge in [-0.2, -0.15) is 5.26 Å². The number of hydrogen-bond acceptors (Lipinski definition) is 4. The molecule has 0 spiro atoms. The van der Waals surface area contributed by atoms with E-state index in [0.29, 0.717) is 11.3 Å². The first-order valence-electron chi connectivity index (χ1n) is 5.48. The molecule has 0 fully saturated rings. The second kappa shape index (κ2) is 5.89. The number of nitriles is 1. The maximum atomic E-state index is 10.9. The summed E-state index contributed by atoms with van der Waals surface area (Å²) in [7, 11) is 0. The predicted octanol–water partition coefficient (Wildman–Crippen LogP) is 1.98. The van der Waals surface area contributed by atoms with E-state index in [9.17, 15) is 4.79 Å². The monoisotopic (exact) mass is 264 g/mol. The Morgan fingerprint density at radius 3 is 2.50 bits per heavy atom. The first-order chi connectivity index (χ1) is 8.36. The van der Waals surface area contributed by atoms with Crippen molar-refractivity contribution in [2.75, 3.05) is 0 Å². The Bertz CT molecular complexity index is 463. The van der Waals surface area contributed by atoms with Crippen LogP contribution in [-0.2, 0) is 10.5 Å². The van der Waals surface area contributed by atoms with Crippen molar-refractivity contribution in [1.82, 2.24) is 0 Å². The van der Waals surface area contributed by atoms with E-state index in [0.717, 1.165) is 5.56 Å². The quantitative estimate of drug-likeness (QED) is 0.849. The molecular weight excluding hydrogens is 248 g/mol. The van der Waals surface area contributed by atoms with Crippen LogP contribution in [0.2, 0.25) is 0 Å². The Morgan fingerprint density at radius 2 is 2.06 bits per heavy atom. The average Bonchev–Trinajstić information content (AvgIpc) is 2.36. The van der Waals surface area contributed by atoms with Crippen LogP contribution in [0.5, 0.6) is 0 Å². The minimum absolute atomic E-state index is 0.542. The minimum atomic E-state index is -0.993. The number of thioether (sulfide) groups is 1. The van der Waals surface area contributed by atoms with E-state index in [4.69, 9.17) is 16.1 Å². The first-order valence-corrected chi connectivity index (χ1v) is 6.47. The number of rotatable bonds is 5. The maximum absolute atomic E-state index is 10.9. The molecule has 0 aliphatic rings. The highest BCUT2D eigenvalue weighted by Crippen LogP contribution is 2.30. The van der Waals surface area contributed by atoms with E-state index >= 15 is 0 Å². The third-order valence-corrected chi connectivity index (χ3v) is 4.18. The van der Waals surface area contributed by atoms with Crippen molar-refractivity contribution in [3.05, 3.63) is 35.4 Å². The van der Waals surface area contributed by atoms with Gasteiger partial charge in [0.25, 0.3) is 0 Å². The summed E-state index contributed by atoms with van der Waals surface area (Å²) in [5.41, 5.74) is 7.30. The minimum Gasteiger partial charge on any atom is -0.480 e. The lowest BCUT2D eigenvalue weighted by Crippen LogP contribution is -2.46. The summed E-state index contributed by atoms with van der Waals surface area (Å²) in [6.07, 6.45) is 0. The summed E-state index contributed by atoms with van der Waals surface area (Å²) in [6.45, 7) is 3.64. The molecule has 1 aromatic carbocycles. The van der Waals surface area contributed by atoms with Crippen molar-refractivity contribution >= 4 is 17.7 Å². The van der Waals surface area contributed by atoms with E-state index in [-0.39, 0.29) is 0 Å². The van der Waals surface area contributed by atoms with E-state index < -0.39 is 16.8 Å². The molecule has 0 saturated heterocycles. The summed E-state index contributed by atoms with van der Waals surface area (Å²) in [6, 6.07) is 8.39. The van der Waals surface area contributed by atoms with Crippen molar-refractivity contribution in [2.45, 2.75) is 30.4 Å². The molecule has 5 heteroatoms. The van der Waals surface area contributed by atoms with Gasteiger partial charge in [0.05, 0.1) is 11.6 Å². The molecule has 18 heavy (non-hydrogen) atoms. The Hall–Kier alpha value is -1.51. The molecule has 0 bridgehead atoms. The molecule has 0 radical (unpaired) electrons. The number of carbonyl (C=O) groups is 1. The number of nitrogens with zero attached hydrogens (tertiary/aromatic N) is 1. The van der Waals surface area contributed by atoms with Crippen LogP contribution in [0.3, 0.4) is 0 Å². The van der Waals surface area contributed by atoms with Crippen molar-refractivity contribution in [1.29, 1.82) is 5.26 Å². The van der Waals surface area contributed by atoms with Gasteiger partial charge < -0.3 is 10.8 Å². The summed E-state index contributed by atoms with van der Waals surface area (Å²) in [4.78, 5) is 10.9. The summed E-state index contributed by atoms with van der Waals surface area (Å²) in [5, 5.41) is 17.6. The average molecular weight is 264 g/mol. The Labute approximate surface area is 111 Å². The Balaban J connectivity index is 2.64. The maximum Gasteiger partial charge on any atom is 0.321 e. The third kappa shape index (κ3) is 3.76. The third-order valence-electron chi connectivity index (χ3n) is 2.71. The highest BCUT2D eigenvalue weighted by molar-refractivity contribution is 7.99. The van der Waals surface area contributed by atoms with E-state index in [1.165, 1.54) is 11.8 Å². The Kier molecular flexibility index (Phi) is 4.76. The molecule has 0 aliphatic carbocycles. The van der Waals surface area contributed by atoms with Crippen molar-refractivity contribution < 1.29 is 9.90 Å². The SMILES string of the molecule is CC(C)(SCc1ccc(C#N)cc1)[C@@H](N)C(=O)O. The number of hydrogen-bond donors (Lipinski definition) is 2. The second-order valence-corrected chi connectivity index (χ2v) is 6.15. The molecule has 1 atom stereocenters. The highest BCUT2D eigenvalue weighted by Gasteiger charge is 2.32. The molecular formula is C13H16N2O2S. The van der Waals surface area contributed by atoms with Crippen molar-refractivity contribution in [3.63, 3.8) is 0 Å². The zero-order chi connectivity index (χ0) is 13.8. The van der Waals surface area contributed by atoms with Crippen LogP contribution in [0.15, 0.2) is 24.3 Å². The lowest BCUT2D eigenvalue weighted by Gasteiger charge is -2.28. The second-order valence-electron chi connectivity index (χ2n) is 4.52. The van der Waals surface area contributed by atoms with Gasteiger partial charge in [-0.3, -0.25) is 4.79 Å². The lowest BCUT2D eigenvalue weighted by atomic mass is 10.1. The van der Waals surface area contributed by atoms with Gasteiger partial charge in [0, 0.05) is 10.5 Å². The standard InChI is InChI=1S/C13H16N2O2S/c1-13(2,11(15)12(16)17)18-8-10-5-3-9(7-14)4-6-10/h3-6,11H,8,15H2,1-2H3,(H,16,17)/t11-/m0/s1. The van der Waals surface area contributed by atoms with E-state index in [2.05, 4.69) is 6.07 Å². The molecule has 1 rings (SSSR count). The number of carboxylic acid groups (broad SMARTS) is 1. The molecule has 0 aromatic heterocycles. The van der Waals surface area contributed by atoms with Gasteiger partial charge >= 0.3 is 5.97 Å². The molecule has 0 saturated carbocycles. The predicted molar refractivity (Wildman–Crippen MR) is 72.1 cm³/mol. The fourth-order valence-electron chi connectivity index (χ4n) is 1.33. The largest absolute Gasteiger partial charge is 0.480 e. The molecule has 1 aromatic rings. The normalized spacial score (nSPS) is 12.8. The van der Waals surface area contributed by atoms with Gasteiger partial charge in [-0.25, -0.2) is 0 Å². The fraction of sp³-hybridized carbons (Fsp3) is 0.385. The smallest absolute Gasteiger partial charge is 0.321 e. The van der Waals surface area contributed by atoms with Crippen LogP contribution in [0, 0.1) is 11.3 Å². The Morgan fingerprint density at radius 1 is 1.50 bits per heavy atom. The molecule has 0 aliphatic heterocycles. The fourth-order valence-corrected chi connectivity index (χ4v) is 2.34. The van der Waals surface area contributed by atoms with Crippen LogP contribution >= 0.6 is 11.8 Å². The number of benzene rings is 1. The van der Waals surface area contributed by atoms with Crippen LogP contribution in [0.1, 0.15) is 25.0 Å². The van der Waals surface area contributed by atoms with Crippen LogP contribution in [0.4, 0.5) is 0 Å². The molecule has 0 heterocycles. The zero-order valence-electron chi connectivity index (χ0n) is 10.4. The van der Waals surface area contributed by atoms with Gasteiger partial charge in [-0.1, -0.05) is 12.1 Å². The number of carboxylic acids is 1. The zero-order valence-corrected chi connectivity index (χ0v) is 11.2. The molecule has 3 N–H and O–H groups in total. The summed E-state index contributed by atoms with van der Waals surface area (Å²) in [5.74, 6) is -0.327. The van der Waals surface area contributed by atoms with Gasteiger partial charge in [-0.15, -0.1) is 11.8 Å². The van der Waals surface area contributed by atoms with Crippen LogP contribution in [0.25, 0.3) is 0 Å². The van der Waals surface area contributed by atoms with E-state index in [1.54, 1.807) is 12.1 Å². The van der Waals surface area contributed by atoms with Gasteiger partial charge in [0.2, 0.25) is 0 Å². The molecule has 4 nitrogen and oxygen atoms in total. The van der Waals surface area contributed by atoms with Gasteiger partial charge in [0.15, 0.2) is 0 Å². The van der Waals surface area contributed by atoms with Crippen molar-refractivity contribution in [2.24, 2.45) is 5.73 Å². The summed E-state index contributed by atoms with van der Waals surface area (Å²) >= 11 is 1.49. The molecule has 96 valence electrons. The van der Waals surface area contributed by atoms with Gasteiger partial charge in [-0.05, 0) is 31.5 Å². The number of aliphatic carboxylic acids is 1. The molecule has 0 amide bonds. The van der Waals surface area contributed by atoms with Crippen molar-refractivity contribution in [3.8, 4) is 6.07 Å². The van der Waals surface area contributed by atoms with Crippen LogP contribution < -0.4 is 5.73 Å². The lowest BCUT2D eigenvalue weighted by molar-refractivity contribution is -0.139. The van der Waals surface area contributed by atoms with Gasteiger partial charge in [0.1, 0.15) is 6.04 Å². The topological polar surface area (TPSA) is 87.1 Å². The molecule has 0 unspecified atom stereocenters. The van der Waals surface area contributed by atoms with E-state index in [1.807, 2.05) is 26.0 Å². The highest BCUT2D eigenvalue weighted by atomic mass is 32.2. The van der Waals surface area contributed by atoms with Crippen LogP contribution in [-0.4, -0.2) is 21.9 Å². The summed E-state index contributed by atoms with van der Waals surface area (Å²) < 4.78 is -0.542. The first kappa shape index (κ1) is 14.6.